The van der Waals surface area contributed by atoms with Crippen LogP contribution in [0, 0.1) is 11.8 Å². The van der Waals surface area contributed by atoms with Crippen LogP contribution >= 0.6 is 0 Å². The summed E-state index contributed by atoms with van der Waals surface area (Å²) in [6.45, 7) is 2.83. The van der Waals surface area contributed by atoms with Crippen molar-refractivity contribution in [1.29, 1.82) is 0 Å². The first-order valence-corrected chi connectivity index (χ1v) is 10.7. The molecule has 5 rings (SSSR count). The first-order valence-electron chi connectivity index (χ1n) is 10.7. The predicted octanol–water partition coefficient (Wildman–Crippen LogP) is 5.05. The molecule has 0 spiro atoms. The van der Waals surface area contributed by atoms with Gasteiger partial charge >= 0.3 is 6.18 Å². The SMILES string of the molecule is CC1CCN(C(=O)c2cc3nc(-c4ccco4)cc(C(F)(F)F)n3n2)C2CCCCC12. The van der Waals surface area contributed by atoms with Crippen LogP contribution in [0.3, 0.4) is 0 Å². The van der Waals surface area contributed by atoms with E-state index in [4.69, 9.17) is 4.42 Å². The molecule has 1 saturated carbocycles. The minimum atomic E-state index is -4.66. The van der Waals surface area contributed by atoms with Gasteiger partial charge in [0, 0.05) is 18.7 Å². The largest absolute Gasteiger partial charge is 0.463 e. The lowest BCUT2D eigenvalue weighted by Gasteiger charge is -2.47. The molecular formula is C22H23F3N4O2. The number of hydrogen-bond donors (Lipinski definition) is 0. The number of carbonyl (C=O) groups is 1. The highest BCUT2D eigenvalue weighted by atomic mass is 19.4. The van der Waals surface area contributed by atoms with Crippen LogP contribution in [-0.2, 0) is 6.18 Å². The van der Waals surface area contributed by atoms with Gasteiger partial charge in [-0.2, -0.15) is 18.3 Å². The summed E-state index contributed by atoms with van der Waals surface area (Å²) in [5.41, 5.74) is -0.989. The third-order valence-electron chi connectivity index (χ3n) is 6.71. The molecule has 0 aromatic carbocycles. The van der Waals surface area contributed by atoms with Gasteiger partial charge in [0.25, 0.3) is 5.91 Å². The maximum absolute atomic E-state index is 13.8. The maximum atomic E-state index is 13.8. The number of fused-ring (bicyclic) bond motifs is 2. The monoisotopic (exact) mass is 432 g/mol. The molecule has 6 nitrogen and oxygen atoms in total. The molecule has 31 heavy (non-hydrogen) atoms. The van der Waals surface area contributed by atoms with Gasteiger partial charge in [0.2, 0.25) is 0 Å². The molecule has 1 aliphatic heterocycles. The molecule has 1 aliphatic carbocycles. The fourth-order valence-corrected chi connectivity index (χ4v) is 5.14. The van der Waals surface area contributed by atoms with Gasteiger partial charge in [-0.15, -0.1) is 0 Å². The quantitative estimate of drug-likeness (QED) is 0.569. The molecule has 4 heterocycles. The molecule has 1 amide bonds. The van der Waals surface area contributed by atoms with Crippen molar-refractivity contribution in [2.24, 2.45) is 11.8 Å². The third-order valence-corrected chi connectivity index (χ3v) is 6.71. The Balaban J connectivity index is 1.55. The van der Waals surface area contributed by atoms with Crippen molar-refractivity contribution in [1.82, 2.24) is 19.5 Å². The van der Waals surface area contributed by atoms with Gasteiger partial charge in [0.1, 0.15) is 5.69 Å². The smallest absolute Gasteiger partial charge is 0.433 e. The third kappa shape index (κ3) is 3.49. The number of amides is 1. The zero-order valence-electron chi connectivity index (χ0n) is 17.1. The van der Waals surface area contributed by atoms with Crippen molar-refractivity contribution in [2.75, 3.05) is 6.54 Å². The summed E-state index contributed by atoms with van der Waals surface area (Å²) < 4.78 is 47.2. The van der Waals surface area contributed by atoms with Gasteiger partial charge in [-0.1, -0.05) is 19.8 Å². The standard InChI is InChI=1S/C22H23F3N4O2/c1-13-8-9-28(17-6-3-2-5-14(13)17)21(30)16-12-20-26-15(18-7-4-10-31-18)11-19(22(23,24)25)29(20)27-16/h4,7,10-14,17H,2-3,5-6,8-9H2,1H3. The summed E-state index contributed by atoms with van der Waals surface area (Å²) >= 11 is 0. The molecular weight excluding hydrogens is 409 g/mol. The Morgan fingerprint density at radius 3 is 2.74 bits per heavy atom. The van der Waals surface area contributed by atoms with Gasteiger partial charge in [-0.25, -0.2) is 9.50 Å². The van der Waals surface area contributed by atoms with Gasteiger partial charge in [-0.05, 0) is 49.3 Å². The number of carbonyl (C=O) groups excluding carboxylic acids is 1. The zero-order chi connectivity index (χ0) is 21.8. The molecule has 3 aromatic heterocycles. The van der Waals surface area contributed by atoms with Gasteiger partial charge in [0.05, 0.1) is 6.26 Å². The minimum Gasteiger partial charge on any atom is -0.463 e. The van der Waals surface area contributed by atoms with Crippen molar-refractivity contribution < 1.29 is 22.4 Å². The first-order chi connectivity index (χ1) is 14.8. The second-order valence-corrected chi connectivity index (χ2v) is 8.58. The van der Waals surface area contributed by atoms with Crippen LogP contribution in [0.15, 0.2) is 34.9 Å². The number of hydrogen-bond acceptors (Lipinski definition) is 4. The molecule has 1 saturated heterocycles. The van der Waals surface area contributed by atoms with Gasteiger partial charge < -0.3 is 9.32 Å². The van der Waals surface area contributed by atoms with E-state index in [9.17, 15) is 18.0 Å². The summed E-state index contributed by atoms with van der Waals surface area (Å²) in [5, 5.41) is 4.05. The van der Waals surface area contributed by atoms with E-state index in [2.05, 4.69) is 17.0 Å². The number of aromatic nitrogens is 3. The predicted molar refractivity (Wildman–Crippen MR) is 106 cm³/mol. The van der Waals surface area contributed by atoms with E-state index in [1.54, 1.807) is 12.1 Å². The van der Waals surface area contributed by atoms with Crippen LogP contribution in [0.2, 0.25) is 0 Å². The van der Waals surface area contributed by atoms with E-state index in [0.29, 0.717) is 22.9 Å². The average Bonchev–Trinajstić information content (AvgIpc) is 3.42. The normalized spacial score (nSPS) is 24.4. The molecule has 0 radical (unpaired) electrons. The number of furan rings is 1. The van der Waals surface area contributed by atoms with Crippen LogP contribution in [0.5, 0.6) is 0 Å². The fourth-order valence-electron chi connectivity index (χ4n) is 5.14. The van der Waals surface area contributed by atoms with E-state index < -0.39 is 11.9 Å². The summed E-state index contributed by atoms with van der Waals surface area (Å²) in [4.78, 5) is 19.4. The molecule has 2 fully saturated rings. The molecule has 2 aliphatic rings. The van der Waals surface area contributed by atoms with Crippen molar-refractivity contribution in [3.63, 3.8) is 0 Å². The van der Waals surface area contributed by atoms with E-state index in [1.807, 2.05) is 4.90 Å². The Hall–Kier alpha value is -2.84. The molecule has 3 atom stereocenters. The highest BCUT2D eigenvalue weighted by Crippen LogP contribution is 2.39. The maximum Gasteiger partial charge on any atom is 0.433 e. The Labute approximate surface area is 177 Å². The average molecular weight is 432 g/mol. The highest BCUT2D eigenvalue weighted by Gasteiger charge is 2.41. The topological polar surface area (TPSA) is 63.6 Å². The van der Waals surface area contributed by atoms with Gasteiger partial charge in [-0.3, -0.25) is 4.79 Å². The second kappa shape index (κ2) is 7.39. The van der Waals surface area contributed by atoms with Crippen molar-refractivity contribution >= 4 is 11.6 Å². The molecule has 0 bridgehead atoms. The number of rotatable bonds is 2. The van der Waals surface area contributed by atoms with Crippen molar-refractivity contribution in [2.45, 2.75) is 51.2 Å². The number of nitrogens with zero attached hydrogens (tertiary/aromatic N) is 4. The molecule has 3 unspecified atom stereocenters. The number of alkyl halides is 3. The van der Waals surface area contributed by atoms with Crippen LogP contribution in [0.1, 0.15) is 55.2 Å². The van der Waals surface area contributed by atoms with Crippen LogP contribution in [-0.4, -0.2) is 38.0 Å². The Morgan fingerprint density at radius 1 is 1.19 bits per heavy atom. The highest BCUT2D eigenvalue weighted by molar-refractivity contribution is 5.93. The minimum absolute atomic E-state index is 0.00604. The number of likely N-dealkylation sites (tertiary alicyclic amines) is 1. The second-order valence-electron chi connectivity index (χ2n) is 8.58. The number of piperidine rings is 1. The Bertz CT molecular complexity index is 1110. The summed E-state index contributed by atoms with van der Waals surface area (Å²) in [6, 6.07) is 5.49. The molecule has 9 heteroatoms. The molecule has 164 valence electrons. The lowest BCUT2D eigenvalue weighted by atomic mass is 9.72. The van der Waals surface area contributed by atoms with Crippen molar-refractivity contribution in [3.05, 3.63) is 41.9 Å². The van der Waals surface area contributed by atoms with Crippen LogP contribution in [0.4, 0.5) is 13.2 Å². The summed E-state index contributed by atoms with van der Waals surface area (Å²) in [5.74, 6) is 0.891. The lowest BCUT2D eigenvalue weighted by molar-refractivity contribution is -0.142. The first kappa shape index (κ1) is 20.1. The Morgan fingerprint density at radius 2 is 2.00 bits per heavy atom. The molecule has 3 aromatic rings. The van der Waals surface area contributed by atoms with E-state index in [0.717, 1.165) is 38.2 Å². The van der Waals surface area contributed by atoms with E-state index in [-0.39, 0.29) is 34.7 Å². The van der Waals surface area contributed by atoms with E-state index >= 15 is 0 Å². The fraction of sp³-hybridized carbons (Fsp3) is 0.500. The summed E-state index contributed by atoms with van der Waals surface area (Å²) in [7, 11) is 0. The lowest BCUT2D eigenvalue weighted by Crippen LogP contribution is -2.52. The van der Waals surface area contributed by atoms with Gasteiger partial charge in [0.15, 0.2) is 22.8 Å². The van der Waals surface area contributed by atoms with Crippen molar-refractivity contribution in [3.8, 4) is 11.5 Å². The molecule has 0 N–H and O–H groups in total. The van der Waals surface area contributed by atoms with Crippen LogP contribution in [0.25, 0.3) is 17.1 Å². The number of halogens is 3. The summed E-state index contributed by atoms with van der Waals surface area (Å²) in [6.07, 6.45) is 1.86. The van der Waals surface area contributed by atoms with Crippen LogP contribution < -0.4 is 0 Å². The zero-order valence-corrected chi connectivity index (χ0v) is 17.1. The van der Waals surface area contributed by atoms with E-state index in [1.165, 1.54) is 12.3 Å². The Kier molecular flexibility index (Phi) is 4.79.